The zero-order chi connectivity index (χ0) is 29.7. The predicted octanol–water partition coefficient (Wildman–Crippen LogP) is 4.80. The van der Waals surface area contributed by atoms with Crippen molar-refractivity contribution < 1.29 is 14.3 Å². The van der Waals surface area contributed by atoms with Crippen LogP contribution in [0.25, 0.3) is 11.3 Å². The van der Waals surface area contributed by atoms with Gasteiger partial charge in [-0.3, -0.25) is 4.79 Å². The first-order valence-corrected chi connectivity index (χ1v) is 14.1. The largest absolute Gasteiger partial charge is 0.490 e. The number of nitrogens with zero attached hydrogens (tertiary/aromatic N) is 4. The molecule has 1 aliphatic rings. The third-order valence-corrected chi connectivity index (χ3v) is 6.95. The number of nitrogens with one attached hydrogen (secondary N) is 2. The number of amides is 3. The topological polar surface area (TPSA) is 112 Å². The lowest BCUT2D eigenvalue weighted by Crippen LogP contribution is -2.52. The molecule has 3 amide bonds. The zero-order valence-electron chi connectivity index (χ0n) is 24.8. The van der Waals surface area contributed by atoms with Crippen molar-refractivity contribution in [2.45, 2.75) is 65.0 Å². The van der Waals surface area contributed by atoms with Crippen molar-refractivity contribution in [3.05, 3.63) is 71.2 Å². The van der Waals surface area contributed by atoms with Gasteiger partial charge in [-0.2, -0.15) is 5.26 Å². The maximum atomic E-state index is 13.3. The summed E-state index contributed by atoms with van der Waals surface area (Å²) >= 11 is 0. The van der Waals surface area contributed by atoms with Gasteiger partial charge in [0, 0.05) is 49.4 Å². The molecule has 2 N–H and O–H groups in total. The first-order chi connectivity index (χ1) is 19.4. The van der Waals surface area contributed by atoms with Crippen LogP contribution in [0.4, 0.5) is 4.79 Å². The summed E-state index contributed by atoms with van der Waals surface area (Å²) in [5.41, 5.74) is 3.57. The average molecular weight is 557 g/mol. The molecule has 1 aromatic heterocycles. The molecule has 2 aromatic carbocycles. The molecule has 1 unspecified atom stereocenters. The highest BCUT2D eigenvalue weighted by molar-refractivity contribution is 5.95. The fraction of sp³-hybridized carbons (Fsp3) is 0.438. The lowest BCUT2D eigenvalue weighted by atomic mass is 9.96. The molecule has 0 saturated carbocycles. The molecule has 0 spiro atoms. The Kier molecular flexibility index (Phi) is 9.01. The molecule has 0 aliphatic carbocycles. The molecular formula is C32H40N6O3. The first-order valence-electron chi connectivity index (χ1n) is 14.1. The molecule has 41 heavy (non-hydrogen) atoms. The van der Waals surface area contributed by atoms with Crippen molar-refractivity contribution in [2.24, 2.45) is 7.05 Å². The van der Waals surface area contributed by atoms with E-state index in [2.05, 4.69) is 42.0 Å². The zero-order valence-corrected chi connectivity index (χ0v) is 24.8. The van der Waals surface area contributed by atoms with Crippen LogP contribution in [0.3, 0.4) is 0 Å². The molecule has 1 fully saturated rings. The summed E-state index contributed by atoms with van der Waals surface area (Å²) in [6.07, 6.45) is 3.34. The Bertz CT molecular complexity index is 1430. The third-order valence-electron chi connectivity index (χ3n) is 6.95. The van der Waals surface area contributed by atoms with Crippen molar-refractivity contribution in [2.75, 3.05) is 19.6 Å². The summed E-state index contributed by atoms with van der Waals surface area (Å²) in [5, 5.41) is 15.6. The van der Waals surface area contributed by atoms with Gasteiger partial charge in [0.15, 0.2) is 0 Å². The molecule has 2 heterocycles. The van der Waals surface area contributed by atoms with E-state index in [4.69, 9.17) is 9.72 Å². The van der Waals surface area contributed by atoms with Crippen LogP contribution >= 0.6 is 0 Å². The van der Waals surface area contributed by atoms with Crippen LogP contribution < -0.4 is 15.4 Å². The van der Waals surface area contributed by atoms with Gasteiger partial charge in [0.25, 0.3) is 5.91 Å². The van der Waals surface area contributed by atoms with E-state index >= 15 is 0 Å². The second kappa shape index (κ2) is 12.5. The Labute approximate surface area is 242 Å². The summed E-state index contributed by atoms with van der Waals surface area (Å²) in [5.74, 6) is 1.16. The Morgan fingerprint density at radius 1 is 1.20 bits per heavy atom. The Hall–Kier alpha value is -4.32. The lowest BCUT2D eigenvalue weighted by molar-refractivity contribution is 0.0924. The van der Waals surface area contributed by atoms with E-state index in [1.54, 1.807) is 23.1 Å². The highest BCUT2D eigenvalue weighted by atomic mass is 16.5. The van der Waals surface area contributed by atoms with Crippen molar-refractivity contribution in [1.82, 2.24) is 25.1 Å². The predicted molar refractivity (Wildman–Crippen MR) is 159 cm³/mol. The van der Waals surface area contributed by atoms with Crippen LogP contribution in [0.1, 0.15) is 68.3 Å². The summed E-state index contributed by atoms with van der Waals surface area (Å²) < 4.78 is 7.77. The Balaban J connectivity index is 1.53. The SMILES string of the molecule is CC(C)Oc1ccc(C(=O)NC(Cc2ccc(-c3cn(C)c(C(C)(C)C)n3)cc2)CN2CCCNC2=O)cc1C#N. The van der Waals surface area contributed by atoms with Crippen molar-refractivity contribution >= 4 is 11.9 Å². The van der Waals surface area contributed by atoms with Crippen molar-refractivity contribution in [3.8, 4) is 23.1 Å². The maximum absolute atomic E-state index is 13.3. The number of rotatable bonds is 9. The summed E-state index contributed by atoms with van der Waals surface area (Å²) in [7, 11) is 2.01. The molecule has 216 valence electrons. The van der Waals surface area contributed by atoms with Gasteiger partial charge >= 0.3 is 6.03 Å². The number of hydrogen-bond acceptors (Lipinski definition) is 5. The van der Waals surface area contributed by atoms with Crippen LogP contribution in [-0.2, 0) is 18.9 Å². The van der Waals surface area contributed by atoms with Crippen molar-refractivity contribution in [3.63, 3.8) is 0 Å². The number of aryl methyl sites for hydroxylation is 1. The smallest absolute Gasteiger partial charge is 0.317 e. The van der Waals surface area contributed by atoms with E-state index < -0.39 is 0 Å². The van der Waals surface area contributed by atoms with Gasteiger partial charge in [0.1, 0.15) is 17.6 Å². The average Bonchev–Trinajstić information content (AvgIpc) is 3.32. The van der Waals surface area contributed by atoms with Crippen LogP contribution in [0.5, 0.6) is 5.75 Å². The quantitative estimate of drug-likeness (QED) is 0.393. The van der Waals surface area contributed by atoms with Crippen LogP contribution in [-0.4, -0.2) is 58.2 Å². The molecule has 0 radical (unpaired) electrons. The lowest BCUT2D eigenvalue weighted by Gasteiger charge is -2.31. The number of carbonyl (C=O) groups excluding carboxylic acids is 2. The van der Waals surface area contributed by atoms with Crippen LogP contribution in [0, 0.1) is 11.3 Å². The number of benzene rings is 2. The number of carbonyl (C=O) groups is 2. The first kappa shape index (κ1) is 29.7. The minimum absolute atomic E-state index is 0.0606. The third kappa shape index (κ3) is 7.46. The molecule has 1 atom stereocenters. The van der Waals surface area contributed by atoms with Crippen LogP contribution in [0.15, 0.2) is 48.7 Å². The van der Waals surface area contributed by atoms with Gasteiger partial charge < -0.3 is 24.8 Å². The molecule has 1 saturated heterocycles. The second-order valence-corrected chi connectivity index (χ2v) is 11.9. The minimum atomic E-state index is -0.336. The number of hydrogen-bond donors (Lipinski definition) is 2. The number of nitriles is 1. The summed E-state index contributed by atoms with van der Waals surface area (Å²) in [6.45, 7) is 11.9. The molecule has 1 aliphatic heterocycles. The molecule has 9 nitrogen and oxygen atoms in total. The molecule has 3 aromatic rings. The highest BCUT2D eigenvalue weighted by Crippen LogP contribution is 2.26. The summed E-state index contributed by atoms with van der Waals surface area (Å²) in [4.78, 5) is 32.4. The molecular weight excluding hydrogens is 516 g/mol. The fourth-order valence-electron chi connectivity index (χ4n) is 5.06. The Morgan fingerprint density at radius 2 is 1.93 bits per heavy atom. The number of aromatic nitrogens is 2. The van der Waals surface area contributed by atoms with Crippen LogP contribution in [0.2, 0.25) is 0 Å². The van der Waals surface area contributed by atoms with Gasteiger partial charge in [-0.1, -0.05) is 45.0 Å². The second-order valence-electron chi connectivity index (χ2n) is 11.9. The maximum Gasteiger partial charge on any atom is 0.317 e. The van der Waals surface area contributed by atoms with Gasteiger partial charge in [-0.05, 0) is 50.5 Å². The molecule has 0 bridgehead atoms. The Morgan fingerprint density at radius 3 is 2.54 bits per heavy atom. The highest BCUT2D eigenvalue weighted by Gasteiger charge is 2.24. The molecule has 4 rings (SSSR count). The van der Waals surface area contributed by atoms with Crippen molar-refractivity contribution in [1.29, 1.82) is 5.26 Å². The normalized spacial score (nSPS) is 14.4. The molecule has 9 heteroatoms. The van der Waals surface area contributed by atoms with E-state index in [1.165, 1.54) is 0 Å². The summed E-state index contributed by atoms with van der Waals surface area (Å²) in [6, 6.07) is 14.7. The number of ether oxygens (including phenoxy) is 1. The van der Waals surface area contributed by atoms with E-state index in [0.717, 1.165) is 29.1 Å². The van der Waals surface area contributed by atoms with E-state index in [1.807, 2.05) is 51.4 Å². The van der Waals surface area contributed by atoms with E-state index in [0.29, 0.717) is 42.9 Å². The van der Waals surface area contributed by atoms with Gasteiger partial charge in [0.2, 0.25) is 0 Å². The number of imidazole rings is 1. The van der Waals surface area contributed by atoms with Gasteiger partial charge in [0.05, 0.1) is 23.4 Å². The van der Waals surface area contributed by atoms with Gasteiger partial charge in [-0.25, -0.2) is 9.78 Å². The standard InChI is InChI=1S/C32H40N6O3/c1-21(2)41-28-13-12-24(17-25(28)18-33)29(39)35-26(19-38-15-7-14-34-31(38)40)16-22-8-10-23(11-9-22)27-20-37(6)30(36-27)32(3,4)5/h8-13,17,20-21,26H,7,14-16,19H2,1-6H3,(H,34,40)(H,35,39). The van der Waals surface area contributed by atoms with E-state index in [9.17, 15) is 14.9 Å². The minimum Gasteiger partial charge on any atom is -0.490 e. The monoisotopic (exact) mass is 556 g/mol. The number of urea groups is 1. The fourth-order valence-corrected chi connectivity index (χ4v) is 5.06. The van der Waals surface area contributed by atoms with Gasteiger partial charge in [-0.15, -0.1) is 0 Å². The van der Waals surface area contributed by atoms with E-state index in [-0.39, 0.29) is 29.5 Å².